The Morgan fingerprint density at radius 2 is 1.64 bits per heavy atom. The van der Waals surface area contributed by atoms with Crippen LogP contribution in [0.15, 0.2) is 54.6 Å². The number of aliphatic hydroxyl groups excluding tert-OH is 1. The minimum absolute atomic E-state index is 0. The smallest absolute Gasteiger partial charge is 0.128 e. The molecule has 22 heavy (non-hydrogen) atoms. The molecule has 0 saturated carbocycles. The average molecular weight is 322 g/mol. The molecule has 0 radical (unpaired) electrons. The van der Waals surface area contributed by atoms with E-state index in [0.29, 0.717) is 18.3 Å². The van der Waals surface area contributed by atoms with Gasteiger partial charge in [-0.1, -0.05) is 42.5 Å². The number of aromatic hydroxyl groups is 1. The van der Waals surface area contributed by atoms with Crippen LogP contribution in [0.3, 0.4) is 0 Å². The predicted octanol–water partition coefficient (Wildman–Crippen LogP) is -0.986. The molecule has 0 saturated heterocycles. The fourth-order valence-electron chi connectivity index (χ4n) is 2.35. The average Bonchev–Trinajstić information content (AvgIpc) is 2.53. The third kappa shape index (κ3) is 6.06. The van der Waals surface area contributed by atoms with Gasteiger partial charge in [-0.3, -0.25) is 0 Å². The van der Waals surface area contributed by atoms with Crippen LogP contribution in [0.5, 0.6) is 5.75 Å². The van der Waals surface area contributed by atoms with Crippen LogP contribution in [0.4, 0.5) is 0 Å². The highest BCUT2D eigenvalue weighted by molar-refractivity contribution is 5.25. The van der Waals surface area contributed by atoms with E-state index in [4.69, 9.17) is 0 Å². The minimum Gasteiger partial charge on any atom is -1.00 e. The Hall–Kier alpha value is -1.55. The van der Waals surface area contributed by atoms with Gasteiger partial charge < -0.3 is 27.9 Å². The molecule has 0 fully saturated rings. The maximum Gasteiger partial charge on any atom is 0.128 e. The molecule has 0 spiro atoms. The lowest BCUT2D eigenvalue weighted by atomic mass is 10.1. The molecule has 4 N–H and O–H groups in total. The topological polar surface area (TPSA) is 57.1 Å². The van der Waals surface area contributed by atoms with Crippen molar-refractivity contribution >= 4 is 0 Å². The number of phenolic OH excluding ortho intramolecular Hbond substituents is 1. The van der Waals surface area contributed by atoms with Gasteiger partial charge in [-0.25, -0.2) is 0 Å². The number of quaternary nitrogens is 1. The third-order valence-electron chi connectivity index (χ3n) is 3.77. The molecule has 4 heteroatoms. The van der Waals surface area contributed by atoms with Crippen LogP contribution in [0, 0.1) is 0 Å². The normalized spacial score (nSPS) is 13.2. The molecule has 2 rings (SSSR count). The highest BCUT2D eigenvalue weighted by Crippen LogP contribution is 2.12. The number of rotatable bonds is 7. The quantitative estimate of drug-likeness (QED) is 0.614. The Bertz CT molecular complexity index is 531. The summed E-state index contributed by atoms with van der Waals surface area (Å²) in [5.74, 6) is 0.310. The van der Waals surface area contributed by atoms with E-state index in [1.165, 1.54) is 5.56 Å². The third-order valence-corrected chi connectivity index (χ3v) is 3.77. The number of hydrogen-bond donors (Lipinski definition) is 3. The highest BCUT2D eigenvalue weighted by atomic mass is 35.5. The van der Waals surface area contributed by atoms with E-state index in [1.54, 1.807) is 12.1 Å². The number of aryl methyl sites for hydroxylation is 1. The zero-order valence-electron chi connectivity index (χ0n) is 12.8. The van der Waals surface area contributed by atoms with Crippen molar-refractivity contribution in [3.8, 4) is 5.75 Å². The molecule has 0 aliphatic heterocycles. The van der Waals surface area contributed by atoms with Gasteiger partial charge in [0.25, 0.3) is 0 Å². The molecular weight excluding hydrogens is 298 g/mol. The first-order valence-corrected chi connectivity index (χ1v) is 7.49. The molecule has 0 unspecified atom stereocenters. The number of halogens is 1. The molecule has 0 aliphatic rings. The zero-order chi connectivity index (χ0) is 15.1. The van der Waals surface area contributed by atoms with E-state index in [-0.39, 0.29) is 12.4 Å². The zero-order valence-corrected chi connectivity index (χ0v) is 13.6. The van der Waals surface area contributed by atoms with Gasteiger partial charge in [0.2, 0.25) is 0 Å². The van der Waals surface area contributed by atoms with Crippen LogP contribution >= 0.6 is 0 Å². The molecule has 0 aliphatic carbocycles. The van der Waals surface area contributed by atoms with Crippen LogP contribution in [0.1, 0.15) is 30.6 Å². The molecule has 0 aromatic heterocycles. The van der Waals surface area contributed by atoms with Crippen LogP contribution in [0.2, 0.25) is 0 Å². The van der Waals surface area contributed by atoms with Crippen LogP contribution in [-0.2, 0) is 6.42 Å². The summed E-state index contributed by atoms with van der Waals surface area (Å²) in [6.45, 7) is 2.86. The summed E-state index contributed by atoms with van der Waals surface area (Å²) in [5.41, 5.74) is 2.20. The van der Waals surface area contributed by atoms with E-state index in [9.17, 15) is 10.2 Å². The first kappa shape index (κ1) is 18.5. The highest BCUT2D eigenvalue weighted by Gasteiger charge is 2.12. The van der Waals surface area contributed by atoms with Gasteiger partial charge in [0.1, 0.15) is 18.4 Å². The van der Waals surface area contributed by atoms with Crippen LogP contribution < -0.4 is 17.7 Å². The number of nitrogens with two attached hydrogens (primary N) is 1. The summed E-state index contributed by atoms with van der Waals surface area (Å²) < 4.78 is 0. The first-order valence-electron chi connectivity index (χ1n) is 7.49. The van der Waals surface area contributed by atoms with Gasteiger partial charge in [-0.05, 0) is 36.6 Å². The molecule has 2 atom stereocenters. The molecule has 3 nitrogen and oxygen atoms in total. The van der Waals surface area contributed by atoms with Crippen molar-refractivity contribution in [1.29, 1.82) is 0 Å². The maximum absolute atomic E-state index is 10.1. The van der Waals surface area contributed by atoms with Crippen molar-refractivity contribution in [2.45, 2.75) is 31.9 Å². The minimum atomic E-state index is -0.415. The van der Waals surface area contributed by atoms with Gasteiger partial charge in [0, 0.05) is 6.42 Å². The predicted molar refractivity (Wildman–Crippen MR) is 84.1 cm³/mol. The summed E-state index contributed by atoms with van der Waals surface area (Å²) in [4.78, 5) is 0. The number of phenols is 1. The number of aliphatic hydroxyl groups is 1. The second-order valence-electron chi connectivity index (χ2n) is 5.58. The Labute approximate surface area is 138 Å². The number of benzene rings is 2. The van der Waals surface area contributed by atoms with Crippen molar-refractivity contribution in [3.63, 3.8) is 0 Å². The second-order valence-corrected chi connectivity index (χ2v) is 5.58. The van der Waals surface area contributed by atoms with E-state index in [1.807, 2.05) is 42.5 Å². The van der Waals surface area contributed by atoms with Gasteiger partial charge >= 0.3 is 0 Å². The Morgan fingerprint density at radius 1 is 1.00 bits per heavy atom. The molecular formula is C18H24ClNO2. The van der Waals surface area contributed by atoms with Crippen molar-refractivity contribution in [2.75, 3.05) is 6.54 Å². The van der Waals surface area contributed by atoms with Crippen molar-refractivity contribution in [2.24, 2.45) is 0 Å². The Morgan fingerprint density at radius 3 is 2.27 bits per heavy atom. The van der Waals surface area contributed by atoms with Crippen molar-refractivity contribution in [1.82, 2.24) is 0 Å². The number of hydrogen-bond acceptors (Lipinski definition) is 2. The van der Waals surface area contributed by atoms with Crippen LogP contribution in [0.25, 0.3) is 0 Å². The monoisotopic (exact) mass is 321 g/mol. The standard InChI is InChI=1S/C18H23NO2.ClH/c1-14(7-8-15-9-11-17(20)12-10-15)19-13-18(21)16-5-3-2-4-6-16;/h2-6,9-12,14,18-21H,7-8,13H2,1H3;1H/t14-,18+;/m1./s1. The summed E-state index contributed by atoms with van der Waals surface area (Å²) in [5, 5.41) is 21.6. The maximum atomic E-state index is 10.1. The fourth-order valence-corrected chi connectivity index (χ4v) is 2.35. The van der Waals surface area contributed by atoms with E-state index in [0.717, 1.165) is 18.4 Å². The van der Waals surface area contributed by atoms with Gasteiger partial charge in [0.15, 0.2) is 0 Å². The van der Waals surface area contributed by atoms with Crippen molar-refractivity contribution < 1.29 is 27.9 Å². The molecule has 2 aromatic rings. The van der Waals surface area contributed by atoms with Gasteiger partial charge in [-0.2, -0.15) is 0 Å². The molecule has 0 amide bonds. The molecule has 2 aromatic carbocycles. The second kappa shape index (κ2) is 9.46. The lowest BCUT2D eigenvalue weighted by Gasteiger charge is -2.14. The summed E-state index contributed by atoms with van der Waals surface area (Å²) >= 11 is 0. The lowest BCUT2D eigenvalue weighted by molar-refractivity contribution is -0.693. The molecule has 0 bridgehead atoms. The van der Waals surface area contributed by atoms with Gasteiger partial charge in [-0.15, -0.1) is 0 Å². The molecule has 0 heterocycles. The summed E-state index contributed by atoms with van der Waals surface area (Å²) in [7, 11) is 0. The van der Waals surface area contributed by atoms with Crippen LogP contribution in [-0.4, -0.2) is 22.8 Å². The summed E-state index contributed by atoms with van der Waals surface area (Å²) in [6, 6.07) is 17.6. The van der Waals surface area contributed by atoms with Crippen molar-refractivity contribution in [3.05, 3.63) is 65.7 Å². The Kier molecular flexibility index (Phi) is 7.96. The first-order chi connectivity index (χ1) is 10.1. The largest absolute Gasteiger partial charge is 1.00 e. The van der Waals surface area contributed by atoms with E-state index in [2.05, 4.69) is 12.2 Å². The van der Waals surface area contributed by atoms with E-state index < -0.39 is 6.10 Å². The van der Waals surface area contributed by atoms with E-state index >= 15 is 0 Å². The lowest BCUT2D eigenvalue weighted by Crippen LogP contribution is -3.00. The van der Waals surface area contributed by atoms with Gasteiger partial charge in [0.05, 0.1) is 6.04 Å². The Balaban J connectivity index is 0.00000242. The fraction of sp³-hybridized carbons (Fsp3) is 0.333. The summed E-state index contributed by atoms with van der Waals surface area (Å²) in [6.07, 6.45) is 1.62. The SMILES string of the molecule is C[C@H](CCc1ccc(O)cc1)[NH2+]C[C@H](O)c1ccccc1.[Cl-]. The molecule has 120 valence electrons.